The fourth-order valence-corrected chi connectivity index (χ4v) is 1.59. The molecule has 1 heterocycles. The molecule has 1 aromatic heterocycles. The molecule has 0 spiro atoms. The summed E-state index contributed by atoms with van der Waals surface area (Å²) in [5, 5.41) is -0.127. The molecule has 0 saturated carbocycles. The van der Waals surface area contributed by atoms with Gasteiger partial charge < -0.3 is 9.72 Å². The number of nitrogens with one attached hydrogen (secondary N) is 1. The van der Waals surface area contributed by atoms with Gasteiger partial charge in [0.25, 0.3) is 0 Å². The quantitative estimate of drug-likeness (QED) is 0.808. The molecule has 0 amide bonds. The molecule has 0 radical (unpaired) electrons. The van der Waals surface area contributed by atoms with Crippen molar-refractivity contribution in [3.05, 3.63) is 46.0 Å². The predicted octanol–water partition coefficient (Wildman–Crippen LogP) is 1.84. The molecule has 0 bridgehead atoms. The Bertz CT molecular complexity index is 633. The van der Waals surface area contributed by atoms with E-state index in [-0.39, 0.29) is 17.6 Å². The number of hydrogen-bond acceptors (Lipinski definition) is 3. The molecule has 0 aliphatic rings. The normalized spacial score (nSPS) is 10.5. The van der Waals surface area contributed by atoms with Crippen molar-refractivity contribution in [2.75, 3.05) is 6.61 Å². The van der Waals surface area contributed by atoms with E-state index in [4.69, 9.17) is 4.74 Å². The molecule has 1 aromatic carbocycles. The number of aromatic amines is 1. The number of ether oxygens (including phenoxy) is 1. The predicted molar refractivity (Wildman–Crippen MR) is 60.5 cm³/mol. The zero-order chi connectivity index (χ0) is 12.4. The maximum atomic E-state index is 13.5. The van der Waals surface area contributed by atoms with Crippen molar-refractivity contribution >= 4 is 16.9 Å². The minimum Gasteiger partial charge on any atom is -0.462 e. The average Bonchev–Trinajstić information content (AvgIpc) is 2.29. The number of fused-ring (bicyclic) bond motifs is 1. The van der Waals surface area contributed by atoms with Crippen LogP contribution in [-0.2, 0) is 4.74 Å². The lowest BCUT2D eigenvalue weighted by molar-refractivity contribution is 0.0524. The van der Waals surface area contributed by atoms with Gasteiger partial charge >= 0.3 is 5.97 Å². The monoisotopic (exact) mass is 235 g/mol. The third-order valence-corrected chi connectivity index (χ3v) is 2.35. The molecule has 0 aliphatic carbocycles. The molecule has 0 atom stereocenters. The van der Waals surface area contributed by atoms with E-state index >= 15 is 0 Å². The molecule has 17 heavy (non-hydrogen) atoms. The number of aromatic nitrogens is 1. The summed E-state index contributed by atoms with van der Waals surface area (Å²) < 4.78 is 18.2. The Hall–Kier alpha value is -2.17. The van der Waals surface area contributed by atoms with Gasteiger partial charge in [-0.15, -0.1) is 0 Å². The number of benzene rings is 1. The van der Waals surface area contributed by atoms with Crippen LogP contribution in [0.3, 0.4) is 0 Å². The SMILES string of the molecule is CCOC(=O)c1c[nH]c2cccc(F)c2c1=O. The molecule has 88 valence electrons. The molecular weight excluding hydrogens is 225 g/mol. The fourth-order valence-electron chi connectivity index (χ4n) is 1.59. The van der Waals surface area contributed by atoms with Gasteiger partial charge in [-0.2, -0.15) is 0 Å². The highest BCUT2D eigenvalue weighted by Gasteiger charge is 2.15. The van der Waals surface area contributed by atoms with Crippen molar-refractivity contribution in [1.82, 2.24) is 4.98 Å². The summed E-state index contributed by atoms with van der Waals surface area (Å²) in [6, 6.07) is 4.22. The van der Waals surface area contributed by atoms with Crippen molar-refractivity contribution in [3.63, 3.8) is 0 Å². The van der Waals surface area contributed by atoms with Gasteiger partial charge in [0.05, 0.1) is 17.5 Å². The topological polar surface area (TPSA) is 59.2 Å². The summed E-state index contributed by atoms with van der Waals surface area (Å²) >= 11 is 0. The molecular formula is C12H10FNO3. The first-order valence-corrected chi connectivity index (χ1v) is 5.12. The molecule has 0 fully saturated rings. The Balaban J connectivity index is 2.69. The number of rotatable bonds is 2. The highest BCUT2D eigenvalue weighted by Crippen LogP contribution is 2.12. The Labute approximate surface area is 96.0 Å². The van der Waals surface area contributed by atoms with E-state index in [0.29, 0.717) is 5.52 Å². The minimum absolute atomic E-state index is 0.127. The summed E-state index contributed by atoms with van der Waals surface area (Å²) in [5.41, 5.74) is -0.497. The first-order chi connectivity index (χ1) is 8.15. The molecule has 4 nitrogen and oxygen atoms in total. The maximum Gasteiger partial charge on any atom is 0.343 e. The fraction of sp³-hybridized carbons (Fsp3) is 0.167. The zero-order valence-corrected chi connectivity index (χ0v) is 9.12. The van der Waals surface area contributed by atoms with Gasteiger partial charge in [0, 0.05) is 6.20 Å². The van der Waals surface area contributed by atoms with E-state index in [1.165, 1.54) is 18.3 Å². The third-order valence-electron chi connectivity index (χ3n) is 2.35. The summed E-state index contributed by atoms with van der Waals surface area (Å²) in [6.07, 6.45) is 1.24. The molecule has 0 unspecified atom stereocenters. The number of carbonyl (C=O) groups is 1. The second kappa shape index (κ2) is 4.37. The first-order valence-electron chi connectivity index (χ1n) is 5.12. The lowest BCUT2D eigenvalue weighted by Crippen LogP contribution is -2.18. The Morgan fingerprint density at radius 1 is 1.47 bits per heavy atom. The standard InChI is InChI=1S/C12H10FNO3/c1-2-17-12(16)7-6-14-9-5-3-4-8(13)10(9)11(7)15/h3-6H,2H2,1H3,(H,14,15). The highest BCUT2D eigenvalue weighted by atomic mass is 19.1. The molecule has 2 aromatic rings. The lowest BCUT2D eigenvalue weighted by atomic mass is 10.1. The van der Waals surface area contributed by atoms with Crippen LogP contribution in [-0.4, -0.2) is 17.6 Å². The first kappa shape index (κ1) is 11.3. The molecule has 2 rings (SSSR count). The van der Waals surface area contributed by atoms with Crippen LogP contribution in [0, 0.1) is 5.82 Å². The zero-order valence-electron chi connectivity index (χ0n) is 9.12. The smallest absolute Gasteiger partial charge is 0.343 e. The summed E-state index contributed by atoms with van der Waals surface area (Å²) in [7, 11) is 0. The second-order valence-electron chi connectivity index (χ2n) is 3.41. The highest BCUT2D eigenvalue weighted by molar-refractivity contribution is 5.93. The molecule has 1 N–H and O–H groups in total. The van der Waals surface area contributed by atoms with Crippen LogP contribution >= 0.6 is 0 Å². The molecule has 5 heteroatoms. The third kappa shape index (κ3) is 1.91. The van der Waals surface area contributed by atoms with E-state index in [0.717, 1.165) is 0 Å². The molecule has 0 saturated heterocycles. The molecule has 0 aliphatic heterocycles. The van der Waals surface area contributed by atoms with E-state index in [1.54, 1.807) is 13.0 Å². The lowest BCUT2D eigenvalue weighted by Gasteiger charge is -2.03. The Kier molecular flexibility index (Phi) is 2.91. The number of halogens is 1. The van der Waals surface area contributed by atoms with Crippen molar-refractivity contribution in [2.45, 2.75) is 6.92 Å². The van der Waals surface area contributed by atoms with E-state index in [9.17, 15) is 14.0 Å². The van der Waals surface area contributed by atoms with Crippen LogP contribution in [0.15, 0.2) is 29.2 Å². The number of hydrogen-bond donors (Lipinski definition) is 1. The van der Waals surface area contributed by atoms with Crippen LogP contribution in [0.5, 0.6) is 0 Å². The van der Waals surface area contributed by atoms with Crippen molar-refractivity contribution in [1.29, 1.82) is 0 Å². The van der Waals surface area contributed by atoms with Crippen molar-refractivity contribution in [2.24, 2.45) is 0 Å². The van der Waals surface area contributed by atoms with Crippen LogP contribution in [0.1, 0.15) is 17.3 Å². The average molecular weight is 235 g/mol. The van der Waals surface area contributed by atoms with Gasteiger partial charge in [0.1, 0.15) is 11.4 Å². The largest absolute Gasteiger partial charge is 0.462 e. The number of pyridine rings is 1. The summed E-state index contributed by atoms with van der Waals surface area (Å²) in [5.74, 6) is -1.41. The van der Waals surface area contributed by atoms with Crippen LogP contribution in [0.25, 0.3) is 10.9 Å². The van der Waals surface area contributed by atoms with Gasteiger partial charge in [-0.3, -0.25) is 4.79 Å². The maximum absolute atomic E-state index is 13.5. The van der Waals surface area contributed by atoms with E-state index in [2.05, 4.69) is 4.98 Å². The number of carbonyl (C=O) groups excluding carboxylic acids is 1. The van der Waals surface area contributed by atoms with Gasteiger partial charge in [0.15, 0.2) is 0 Å². The van der Waals surface area contributed by atoms with Crippen LogP contribution in [0.2, 0.25) is 0 Å². The van der Waals surface area contributed by atoms with E-state index in [1.807, 2.05) is 0 Å². The van der Waals surface area contributed by atoms with Gasteiger partial charge in [-0.05, 0) is 19.1 Å². The van der Waals surface area contributed by atoms with Gasteiger partial charge in [-0.1, -0.05) is 6.07 Å². The van der Waals surface area contributed by atoms with E-state index < -0.39 is 17.2 Å². The van der Waals surface area contributed by atoms with Gasteiger partial charge in [0.2, 0.25) is 5.43 Å². The Morgan fingerprint density at radius 2 is 2.24 bits per heavy atom. The second-order valence-corrected chi connectivity index (χ2v) is 3.41. The van der Waals surface area contributed by atoms with Crippen molar-refractivity contribution in [3.8, 4) is 0 Å². The van der Waals surface area contributed by atoms with Gasteiger partial charge in [-0.25, -0.2) is 9.18 Å². The van der Waals surface area contributed by atoms with Crippen molar-refractivity contribution < 1.29 is 13.9 Å². The number of H-pyrrole nitrogens is 1. The summed E-state index contributed by atoms with van der Waals surface area (Å²) in [6.45, 7) is 1.79. The summed E-state index contributed by atoms with van der Waals surface area (Å²) in [4.78, 5) is 26.1. The van der Waals surface area contributed by atoms with Crippen LogP contribution in [0.4, 0.5) is 4.39 Å². The number of esters is 1. The Morgan fingerprint density at radius 3 is 2.94 bits per heavy atom. The minimum atomic E-state index is -0.751. The van der Waals surface area contributed by atoms with Crippen LogP contribution < -0.4 is 5.43 Å².